The van der Waals surface area contributed by atoms with Gasteiger partial charge in [-0.2, -0.15) is 0 Å². The maximum Gasteiger partial charge on any atom is 0.270 e. The number of hydrogen-bond acceptors (Lipinski definition) is 5. The van der Waals surface area contributed by atoms with Gasteiger partial charge in [-0.05, 0) is 37.7 Å². The third-order valence-electron chi connectivity index (χ3n) is 4.73. The van der Waals surface area contributed by atoms with Crippen molar-refractivity contribution < 1.29 is 13.3 Å². The van der Waals surface area contributed by atoms with Gasteiger partial charge in [0.1, 0.15) is 0 Å². The molecule has 7 nitrogen and oxygen atoms in total. The van der Waals surface area contributed by atoms with Crippen LogP contribution in [-0.4, -0.2) is 31.5 Å². The molecule has 1 aromatic rings. The lowest BCUT2D eigenvalue weighted by molar-refractivity contribution is -0.385. The number of fused-ring (bicyclic) bond motifs is 2. The Bertz CT molecular complexity index is 707. The fraction of sp³-hybridized carbons (Fsp3) is 0.600. The molecule has 2 heterocycles. The molecule has 0 aliphatic carbocycles. The van der Waals surface area contributed by atoms with Crippen LogP contribution in [0.4, 0.5) is 5.69 Å². The summed E-state index contributed by atoms with van der Waals surface area (Å²) in [6, 6.07) is 4.68. The first-order chi connectivity index (χ1) is 10.9. The van der Waals surface area contributed by atoms with Crippen LogP contribution in [0.1, 0.15) is 38.2 Å². The Labute approximate surface area is 135 Å². The number of hydrogen-bond donors (Lipinski definition) is 2. The molecule has 2 saturated heterocycles. The van der Waals surface area contributed by atoms with E-state index in [1.165, 1.54) is 12.1 Å². The topological polar surface area (TPSA) is 101 Å². The predicted octanol–water partition coefficient (Wildman–Crippen LogP) is 1.72. The summed E-state index contributed by atoms with van der Waals surface area (Å²) in [4.78, 5) is 10.4. The first kappa shape index (κ1) is 16.4. The van der Waals surface area contributed by atoms with E-state index in [0.29, 0.717) is 24.1 Å². The zero-order chi connectivity index (χ0) is 16.6. The Morgan fingerprint density at radius 1 is 1.30 bits per heavy atom. The smallest absolute Gasteiger partial charge is 0.270 e. The Hall–Kier alpha value is -1.51. The van der Waals surface area contributed by atoms with Gasteiger partial charge in [0.15, 0.2) is 0 Å². The number of nitro benzene ring substituents is 1. The number of piperidine rings is 1. The molecule has 2 unspecified atom stereocenters. The van der Waals surface area contributed by atoms with Crippen LogP contribution in [0.3, 0.4) is 0 Å². The summed E-state index contributed by atoms with van der Waals surface area (Å²) in [7, 11) is -3.76. The molecule has 3 rings (SSSR count). The van der Waals surface area contributed by atoms with Crippen molar-refractivity contribution in [1.82, 2.24) is 10.0 Å². The molecule has 0 radical (unpaired) electrons. The minimum Gasteiger partial charge on any atom is -0.311 e. The highest BCUT2D eigenvalue weighted by Gasteiger charge is 2.35. The highest BCUT2D eigenvalue weighted by atomic mass is 32.2. The van der Waals surface area contributed by atoms with Gasteiger partial charge in [0.05, 0.1) is 9.82 Å². The highest BCUT2D eigenvalue weighted by Crippen LogP contribution is 2.29. The first-order valence-electron chi connectivity index (χ1n) is 7.94. The fourth-order valence-corrected chi connectivity index (χ4v) is 5.23. The molecule has 2 N–H and O–H groups in total. The average molecular weight is 339 g/mol. The van der Waals surface area contributed by atoms with Crippen LogP contribution in [-0.2, 0) is 16.4 Å². The van der Waals surface area contributed by atoms with Gasteiger partial charge in [-0.15, -0.1) is 0 Å². The number of nitro groups is 1. The number of nitrogens with one attached hydrogen (secondary N) is 2. The van der Waals surface area contributed by atoms with E-state index in [2.05, 4.69) is 10.0 Å². The number of non-ortho nitro benzene ring substituents is 1. The lowest BCUT2D eigenvalue weighted by Gasteiger charge is -2.29. The van der Waals surface area contributed by atoms with Crippen LogP contribution in [0.5, 0.6) is 0 Å². The van der Waals surface area contributed by atoms with Gasteiger partial charge in [-0.25, -0.2) is 13.1 Å². The minimum atomic E-state index is -3.76. The van der Waals surface area contributed by atoms with Crippen molar-refractivity contribution in [3.8, 4) is 0 Å². The molecular formula is C15H21N3O4S. The molecule has 126 valence electrons. The van der Waals surface area contributed by atoms with Crippen molar-refractivity contribution in [2.75, 3.05) is 0 Å². The second-order valence-corrected chi connectivity index (χ2v) is 8.01. The quantitative estimate of drug-likeness (QED) is 0.628. The normalized spacial score (nSPS) is 27.1. The van der Waals surface area contributed by atoms with Crippen LogP contribution >= 0.6 is 0 Å². The molecule has 2 aliphatic heterocycles. The lowest BCUT2D eigenvalue weighted by atomic mass is 10.0. The van der Waals surface area contributed by atoms with E-state index in [4.69, 9.17) is 0 Å². The zero-order valence-corrected chi connectivity index (χ0v) is 13.8. The van der Waals surface area contributed by atoms with Crippen molar-refractivity contribution in [3.63, 3.8) is 0 Å². The Morgan fingerprint density at radius 2 is 1.96 bits per heavy atom. The molecule has 2 aliphatic rings. The molecule has 1 aromatic carbocycles. The summed E-state index contributed by atoms with van der Waals surface area (Å²) in [6.07, 6.45) is 4.21. The van der Waals surface area contributed by atoms with Crippen molar-refractivity contribution in [3.05, 3.63) is 33.9 Å². The van der Waals surface area contributed by atoms with E-state index in [1.54, 1.807) is 0 Å². The summed E-state index contributed by atoms with van der Waals surface area (Å²) in [5, 5.41) is 14.4. The molecule has 0 spiro atoms. The molecule has 23 heavy (non-hydrogen) atoms. The van der Waals surface area contributed by atoms with Gasteiger partial charge < -0.3 is 5.32 Å². The standard InChI is InChI=1S/C15H21N3O4S/c1-2-10-3-6-14(18(19)20)9-15(10)23(21,22)17-13-7-11-4-5-12(8-13)16-11/h3,6,9,11-13,16-17H,2,4-5,7-8H2,1H3. The Balaban J connectivity index is 1.86. The largest absolute Gasteiger partial charge is 0.311 e. The van der Waals surface area contributed by atoms with Gasteiger partial charge in [0.25, 0.3) is 5.69 Å². The van der Waals surface area contributed by atoms with E-state index in [-0.39, 0.29) is 16.6 Å². The number of sulfonamides is 1. The van der Waals surface area contributed by atoms with E-state index in [9.17, 15) is 18.5 Å². The molecule has 0 saturated carbocycles. The average Bonchev–Trinajstić information content (AvgIpc) is 2.85. The Morgan fingerprint density at radius 3 is 2.52 bits per heavy atom. The number of nitrogens with zero attached hydrogens (tertiary/aromatic N) is 1. The fourth-order valence-electron chi connectivity index (χ4n) is 3.64. The SMILES string of the molecule is CCc1ccc([N+](=O)[O-])cc1S(=O)(=O)NC1CC2CCC(C1)N2. The monoisotopic (exact) mass is 339 g/mol. The highest BCUT2D eigenvalue weighted by molar-refractivity contribution is 7.89. The summed E-state index contributed by atoms with van der Waals surface area (Å²) >= 11 is 0. The second-order valence-electron chi connectivity index (χ2n) is 6.33. The predicted molar refractivity (Wildman–Crippen MR) is 85.8 cm³/mol. The first-order valence-corrected chi connectivity index (χ1v) is 9.43. The lowest BCUT2D eigenvalue weighted by Crippen LogP contribution is -2.48. The zero-order valence-electron chi connectivity index (χ0n) is 13.0. The van der Waals surface area contributed by atoms with E-state index in [1.807, 2.05) is 6.92 Å². The molecule has 0 amide bonds. The molecular weight excluding hydrogens is 318 g/mol. The molecule has 2 fully saturated rings. The molecule has 8 heteroatoms. The second kappa shape index (κ2) is 6.18. The maximum atomic E-state index is 12.7. The number of benzene rings is 1. The van der Waals surface area contributed by atoms with Crippen LogP contribution in [0, 0.1) is 10.1 Å². The maximum absolute atomic E-state index is 12.7. The van der Waals surface area contributed by atoms with Gasteiger partial charge in [-0.1, -0.05) is 13.0 Å². The Kier molecular flexibility index (Phi) is 4.39. The van der Waals surface area contributed by atoms with E-state index in [0.717, 1.165) is 31.7 Å². The van der Waals surface area contributed by atoms with Gasteiger partial charge in [0.2, 0.25) is 10.0 Å². The van der Waals surface area contributed by atoms with Gasteiger partial charge in [0, 0.05) is 30.3 Å². The summed E-state index contributed by atoms with van der Waals surface area (Å²) < 4.78 is 28.2. The summed E-state index contributed by atoms with van der Waals surface area (Å²) in [6.45, 7) is 1.84. The third kappa shape index (κ3) is 3.39. The molecule has 2 bridgehead atoms. The summed E-state index contributed by atoms with van der Waals surface area (Å²) in [5.74, 6) is 0. The minimum absolute atomic E-state index is 0.0279. The van der Waals surface area contributed by atoms with Crippen molar-refractivity contribution in [2.45, 2.75) is 62.0 Å². The van der Waals surface area contributed by atoms with Crippen LogP contribution in [0.15, 0.2) is 23.1 Å². The number of rotatable bonds is 5. The van der Waals surface area contributed by atoms with Crippen LogP contribution in [0.25, 0.3) is 0 Å². The third-order valence-corrected chi connectivity index (χ3v) is 6.33. The number of aryl methyl sites for hydroxylation is 1. The molecule has 0 aromatic heterocycles. The van der Waals surface area contributed by atoms with Crippen molar-refractivity contribution >= 4 is 15.7 Å². The van der Waals surface area contributed by atoms with E-state index >= 15 is 0 Å². The van der Waals surface area contributed by atoms with Crippen LogP contribution < -0.4 is 10.0 Å². The summed E-state index contributed by atoms with van der Waals surface area (Å²) in [5.41, 5.74) is 0.396. The molecule has 2 atom stereocenters. The van der Waals surface area contributed by atoms with E-state index < -0.39 is 14.9 Å². The van der Waals surface area contributed by atoms with Crippen molar-refractivity contribution in [2.24, 2.45) is 0 Å². The van der Waals surface area contributed by atoms with Gasteiger partial charge in [-0.3, -0.25) is 10.1 Å². The van der Waals surface area contributed by atoms with Gasteiger partial charge >= 0.3 is 0 Å². The van der Waals surface area contributed by atoms with Crippen molar-refractivity contribution in [1.29, 1.82) is 0 Å². The van der Waals surface area contributed by atoms with Crippen LogP contribution in [0.2, 0.25) is 0 Å².